The van der Waals surface area contributed by atoms with Crippen LogP contribution in [-0.4, -0.2) is 35.8 Å². The largest absolute Gasteiger partial charge is 0.487 e. The summed E-state index contributed by atoms with van der Waals surface area (Å²) in [7, 11) is 0. The van der Waals surface area contributed by atoms with Crippen molar-refractivity contribution in [3.05, 3.63) is 22.7 Å². The van der Waals surface area contributed by atoms with Crippen molar-refractivity contribution in [2.45, 2.75) is 38.9 Å². The van der Waals surface area contributed by atoms with Gasteiger partial charge in [-0.05, 0) is 54.9 Å². The Morgan fingerprint density at radius 3 is 2.76 bits per heavy atom. The fourth-order valence-corrected chi connectivity index (χ4v) is 2.60. The first-order valence-electron chi connectivity index (χ1n) is 6.94. The highest BCUT2D eigenvalue weighted by Crippen LogP contribution is 2.29. The second-order valence-corrected chi connectivity index (χ2v) is 7.00. The average Bonchev–Trinajstić information content (AvgIpc) is 2.79. The Labute approximate surface area is 133 Å². The van der Waals surface area contributed by atoms with Crippen molar-refractivity contribution in [3.8, 4) is 5.75 Å². The molecule has 0 spiro atoms. The molecule has 2 N–H and O–H groups in total. The van der Waals surface area contributed by atoms with Crippen LogP contribution in [0.25, 0.3) is 0 Å². The normalized spacial score (nSPS) is 18.7. The summed E-state index contributed by atoms with van der Waals surface area (Å²) in [6, 6.07) is 5.42. The van der Waals surface area contributed by atoms with Crippen molar-refractivity contribution in [1.82, 2.24) is 4.90 Å². The Morgan fingerprint density at radius 1 is 1.43 bits per heavy atom. The lowest BCUT2D eigenvalue weighted by Gasteiger charge is -2.24. The molecule has 1 aliphatic heterocycles. The quantitative estimate of drug-likeness (QED) is 0.824. The van der Waals surface area contributed by atoms with Gasteiger partial charge in [0.15, 0.2) is 0 Å². The van der Waals surface area contributed by atoms with Crippen LogP contribution in [0.3, 0.4) is 0 Å². The summed E-state index contributed by atoms with van der Waals surface area (Å²) in [6.07, 6.45) is 0.471. The number of ether oxygens (including phenoxy) is 2. The van der Waals surface area contributed by atoms with Crippen LogP contribution in [0.1, 0.15) is 27.2 Å². The number of likely N-dealkylation sites (tertiary alicyclic amines) is 1. The average molecular weight is 357 g/mol. The summed E-state index contributed by atoms with van der Waals surface area (Å²) in [4.78, 5) is 13.7. The van der Waals surface area contributed by atoms with Gasteiger partial charge in [0, 0.05) is 18.7 Å². The van der Waals surface area contributed by atoms with Gasteiger partial charge in [-0.2, -0.15) is 0 Å². The lowest BCUT2D eigenvalue weighted by molar-refractivity contribution is 0.0275. The van der Waals surface area contributed by atoms with Gasteiger partial charge in [-0.3, -0.25) is 0 Å². The predicted octanol–water partition coefficient (Wildman–Crippen LogP) is 3.42. The third-order valence-corrected chi connectivity index (χ3v) is 3.67. The van der Waals surface area contributed by atoms with E-state index < -0.39 is 5.60 Å². The standard InChI is InChI=1S/C15H21BrN2O3/c1-15(2,3)21-14(19)18-7-6-11(9-18)20-13-5-4-10(17)8-12(13)16/h4-5,8,11H,6-7,9,17H2,1-3H3. The number of rotatable bonds is 2. The zero-order valence-electron chi connectivity index (χ0n) is 12.6. The van der Waals surface area contributed by atoms with Gasteiger partial charge in [-0.25, -0.2) is 4.79 Å². The molecule has 1 aromatic carbocycles. The molecular formula is C15H21BrN2O3. The van der Waals surface area contributed by atoms with Gasteiger partial charge in [0.25, 0.3) is 0 Å². The maximum absolute atomic E-state index is 12.0. The summed E-state index contributed by atoms with van der Waals surface area (Å²) >= 11 is 3.43. The summed E-state index contributed by atoms with van der Waals surface area (Å²) in [5, 5.41) is 0. The Kier molecular flexibility index (Phi) is 4.66. The third-order valence-electron chi connectivity index (χ3n) is 3.05. The van der Waals surface area contributed by atoms with E-state index in [9.17, 15) is 4.79 Å². The van der Waals surface area contributed by atoms with E-state index in [-0.39, 0.29) is 12.2 Å². The highest BCUT2D eigenvalue weighted by molar-refractivity contribution is 9.10. The lowest BCUT2D eigenvalue weighted by Crippen LogP contribution is -2.36. The number of halogens is 1. The molecule has 0 bridgehead atoms. The fraction of sp³-hybridized carbons (Fsp3) is 0.533. The molecule has 2 rings (SSSR count). The van der Waals surface area contributed by atoms with Crippen molar-refractivity contribution in [3.63, 3.8) is 0 Å². The zero-order valence-corrected chi connectivity index (χ0v) is 14.1. The number of carbonyl (C=O) groups is 1. The molecular weight excluding hydrogens is 336 g/mol. The second kappa shape index (κ2) is 6.13. The maximum atomic E-state index is 12.0. The zero-order chi connectivity index (χ0) is 15.6. The van der Waals surface area contributed by atoms with Crippen molar-refractivity contribution in [1.29, 1.82) is 0 Å². The molecule has 1 fully saturated rings. The molecule has 1 aliphatic rings. The number of hydrogen-bond acceptors (Lipinski definition) is 4. The minimum absolute atomic E-state index is 0.0301. The number of anilines is 1. The molecule has 1 amide bonds. The maximum Gasteiger partial charge on any atom is 0.410 e. The smallest absolute Gasteiger partial charge is 0.410 e. The van der Waals surface area contributed by atoms with Crippen LogP contribution in [0.4, 0.5) is 10.5 Å². The van der Waals surface area contributed by atoms with Crippen LogP contribution >= 0.6 is 15.9 Å². The molecule has 0 radical (unpaired) electrons. The first-order valence-corrected chi connectivity index (χ1v) is 7.73. The number of nitrogens with two attached hydrogens (primary N) is 1. The van der Waals surface area contributed by atoms with E-state index in [1.165, 1.54) is 0 Å². The first-order chi connectivity index (χ1) is 9.74. The molecule has 0 aliphatic carbocycles. The minimum Gasteiger partial charge on any atom is -0.487 e. The predicted molar refractivity (Wildman–Crippen MR) is 85.4 cm³/mol. The van der Waals surface area contributed by atoms with Gasteiger partial charge in [0.1, 0.15) is 17.5 Å². The minimum atomic E-state index is -0.476. The number of nitrogens with zero attached hydrogens (tertiary/aromatic N) is 1. The van der Waals surface area contributed by atoms with Crippen molar-refractivity contribution in [2.24, 2.45) is 0 Å². The van der Waals surface area contributed by atoms with Crippen LogP contribution in [-0.2, 0) is 4.74 Å². The Morgan fingerprint density at radius 2 is 2.14 bits per heavy atom. The lowest BCUT2D eigenvalue weighted by atomic mass is 10.2. The van der Waals surface area contributed by atoms with E-state index in [0.29, 0.717) is 18.8 Å². The first kappa shape index (κ1) is 15.9. The van der Waals surface area contributed by atoms with Gasteiger partial charge in [-0.1, -0.05) is 0 Å². The van der Waals surface area contributed by atoms with Gasteiger partial charge < -0.3 is 20.1 Å². The van der Waals surface area contributed by atoms with Crippen LogP contribution in [0.2, 0.25) is 0 Å². The van der Waals surface area contributed by atoms with Crippen molar-refractivity contribution in [2.75, 3.05) is 18.8 Å². The molecule has 0 saturated carbocycles. The van der Waals surface area contributed by atoms with E-state index in [4.69, 9.17) is 15.2 Å². The van der Waals surface area contributed by atoms with E-state index >= 15 is 0 Å². The fourth-order valence-electron chi connectivity index (χ4n) is 2.11. The highest BCUT2D eigenvalue weighted by Gasteiger charge is 2.31. The molecule has 6 heteroatoms. The number of hydrogen-bond donors (Lipinski definition) is 1. The van der Waals surface area contributed by atoms with Crippen LogP contribution < -0.4 is 10.5 Å². The highest BCUT2D eigenvalue weighted by atomic mass is 79.9. The number of nitrogen functional groups attached to an aromatic ring is 1. The Balaban J connectivity index is 1.92. The molecule has 1 heterocycles. The topological polar surface area (TPSA) is 64.8 Å². The van der Waals surface area contributed by atoms with E-state index in [1.54, 1.807) is 17.0 Å². The van der Waals surface area contributed by atoms with Crippen LogP contribution in [0.5, 0.6) is 5.75 Å². The van der Waals surface area contributed by atoms with Crippen molar-refractivity contribution < 1.29 is 14.3 Å². The van der Waals surface area contributed by atoms with Gasteiger partial charge >= 0.3 is 6.09 Å². The molecule has 1 saturated heterocycles. The number of benzene rings is 1. The molecule has 0 aromatic heterocycles. The summed E-state index contributed by atoms with van der Waals surface area (Å²) < 4.78 is 12.1. The summed E-state index contributed by atoms with van der Waals surface area (Å²) in [5.41, 5.74) is 5.90. The van der Waals surface area contributed by atoms with Gasteiger partial charge in [0.2, 0.25) is 0 Å². The third kappa shape index (κ3) is 4.52. The molecule has 1 aromatic rings. The van der Waals surface area contributed by atoms with E-state index in [2.05, 4.69) is 15.9 Å². The van der Waals surface area contributed by atoms with Gasteiger partial charge in [-0.15, -0.1) is 0 Å². The van der Waals surface area contributed by atoms with Crippen LogP contribution in [0, 0.1) is 0 Å². The molecule has 116 valence electrons. The molecule has 1 unspecified atom stereocenters. The molecule has 1 atom stereocenters. The SMILES string of the molecule is CC(C)(C)OC(=O)N1CCC(Oc2ccc(N)cc2Br)C1. The van der Waals surface area contributed by atoms with E-state index in [1.807, 2.05) is 26.8 Å². The van der Waals surface area contributed by atoms with Crippen LogP contribution in [0.15, 0.2) is 22.7 Å². The summed E-state index contributed by atoms with van der Waals surface area (Å²) in [6.45, 7) is 6.76. The molecule has 5 nitrogen and oxygen atoms in total. The summed E-state index contributed by atoms with van der Waals surface area (Å²) in [5.74, 6) is 0.736. The number of carbonyl (C=O) groups excluding carboxylic acids is 1. The monoisotopic (exact) mass is 356 g/mol. The van der Waals surface area contributed by atoms with Crippen molar-refractivity contribution >= 4 is 27.7 Å². The second-order valence-electron chi connectivity index (χ2n) is 6.14. The Bertz CT molecular complexity index is 528. The Hall–Kier alpha value is -1.43. The van der Waals surface area contributed by atoms with Gasteiger partial charge in [0.05, 0.1) is 11.0 Å². The molecule has 21 heavy (non-hydrogen) atoms. The van der Waals surface area contributed by atoms with E-state index in [0.717, 1.165) is 16.6 Å². The number of amides is 1.